The van der Waals surface area contributed by atoms with Gasteiger partial charge in [0.25, 0.3) is 0 Å². The van der Waals surface area contributed by atoms with Crippen molar-refractivity contribution in [1.82, 2.24) is 15.1 Å². The first-order chi connectivity index (χ1) is 8.26. The van der Waals surface area contributed by atoms with Gasteiger partial charge in [-0.15, -0.1) is 0 Å². The zero-order valence-electron chi connectivity index (χ0n) is 10.6. The van der Waals surface area contributed by atoms with Crippen molar-refractivity contribution in [3.63, 3.8) is 0 Å². The molecule has 0 spiro atoms. The van der Waals surface area contributed by atoms with Crippen molar-refractivity contribution in [3.05, 3.63) is 39.8 Å². The highest BCUT2D eigenvalue weighted by atomic mass is 32.1. The van der Waals surface area contributed by atoms with Gasteiger partial charge in [-0.3, -0.25) is 4.68 Å². The molecule has 0 saturated heterocycles. The molecule has 0 aliphatic heterocycles. The summed E-state index contributed by atoms with van der Waals surface area (Å²) < 4.78 is 2.08. The van der Waals surface area contributed by atoms with Gasteiger partial charge in [-0.05, 0) is 48.8 Å². The van der Waals surface area contributed by atoms with E-state index in [-0.39, 0.29) is 6.04 Å². The van der Waals surface area contributed by atoms with E-state index >= 15 is 0 Å². The molecule has 2 rings (SSSR count). The molecule has 1 unspecified atom stereocenters. The molecule has 17 heavy (non-hydrogen) atoms. The number of rotatable bonds is 5. The van der Waals surface area contributed by atoms with Crippen molar-refractivity contribution in [2.24, 2.45) is 0 Å². The Hall–Kier alpha value is -1.13. The Morgan fingerprint density at radius 2 is 2.29 bits per heavy atom. The quantitative estimate of drug-likeness (QED) is 0.883. The molecular formula is C13H19N3S. The SMILES string of the molecule is CCNC(c1ccsc1)c1cc(C)nn1CC. The van der Waals surface area contributed by atoms with E-state index in [0.29, 0.717) is 0 Å². The van der Waals surface area contributed by atoms with Gasteiger partial charge in [-0.1, -0.05) is 6.92 Å². The Kier molecular flexibility index (Phi) is 3.97. The van der Waals surface area contributed by atoms with E-state index in [2.05, 4.69) is 51.8 Å². The summed E-state index contributed by atoms with van der Waals surface area (Å²) in [6.07, 6.45) is 0. The maximum absolute atomic E-state index is 4.52. The monoisotopic (exact) mass is 249 g/mol. The Balaban J connectivity index is 2.38. The van der Waals surface area contributed by atoms with E-state index in [4.69, 9.17) is 0 Å². The first-order valence-electron chi connectivity index (χ1n) is 6.06. The highest BCUT2D eigenvalue weighted by molar-refractivity contribution is 7.08. The molecule has 1 N–H and O–H groups in total. The second-order valence-corrected chi connectivity index (χ2v) is 4.85. The summed E-state index contributed by atoms with van der Waals surface area (Å²) in [5.41, 5.74) is 3.66. The molecule has 2 aromatic heterocycles. The van der Waals surface area contributed by atoms with Crippen LogP contribution in [0.25, 0.3) is 0 Å². The fourth-order valence-electron chi connectivity index (χ4n) is 2.09. The minimum absolute atomic E-state index is 0.257. The van der Waals surface area contributed by atoms with Crippen molar-refractivity contribution in [2.45, 2.75) is 33.4 Å². The van der Waals surface area contributed by atoms with Crippen LogP contribution in [0, 0.1) is 6.92 Å². The van der Waals surface area contributed by atoms with E-state index in [1.807, 2.05) is 6.92 Å². The van der Waals surface area contributed by atoms with Crippen molar-refractivity contribution in [1.29, 1.82) is 0 Å². The molecule has 4 heteroatoms. The van der Waals surface area contributed by atoms with Gasteiger partial charge < -0.3 is 5.32 Å². The average molecular weight is 249 g/mol. The molecular weight excluding hydrogens is 230 g/mol. The van der Waals surface area contributed by atoms with Crippen LogP contribution in [0.4, 0.5) is 0 Å². The third kappa shape index (κ3) is 2.58. The van der Waals surface area contributed by atoms with Crippen LogP contribution in [0.5, 0.6) is 0 Å². The molecule has 2 aromatic rings. The smallest absolute Gasteiger partial charge is 0.0756 e. The predicted molar refractivity (Wildman–Crippen MR) is 72.5 cm³/mol. The molecule has 0 radical (unpaired) electrons. The summed E-state index contributed by atoms with van der Waals surface area (Å²) >= 11 is 1.74. The zero-order chi connectivity index (χ0) is 12.3. The summed E-state index contributed by atoms with van der Waals surface area (Å²) in [4.78, 5) is 0. The molecule has 3 nitrogen and oxygen atoms in total. The standard InChI is InChI=1S/C13H19N3S/c1-4-14-13(11-6-7-17-9-11)12-8-10(3)15-16(12)5-2/h6-9,13-14H,4-5H2,1-3H3. The largest absolute Gasteiger partial charge is 0.305 e. The number of hydrogen-bond acceptors (Lipinski definition) is 3. The number of nitrogens with one attached hydrogen (secondary N) is 1. The van der Waals surface area contributed by atoms with Gasteiger partial charge >= 0.3 is 0 Å². The second-order valence-electron chi connectivity index (χ2n) is 4.07. The minimum atomic E-state index is 0.257. The fraction of sp³-hybridized carbons (Fsp3) is 0.462. The molecule has 0 fully saturated rings. The van der Waals surface area contributed by atoms with Gasteiger partial charge in [-0.2, -0.15) is 16.4 Å². The summed E-state index contributed by atoms with van der Waals surface area (Å²) in [7, 11) is 0. The Morgan fingerprint density at radius 3 is 2.88 bits per heavy atom. The lowest BCUT2D eigenvalue weighted by Gasteiger charge is -2.18. The molecule has 2 heterocycles. The van der Waals surface area contributed by atoms with Gasteiger partial charge in [-0.25, -0.2) is 0 Å². The van der Waals surface area contributed by atoms with Crippen LogP contribution in [0.15, 0.2) is 22.9 Å². The van der Waals surface area contributed by atoms with Crippen molar-refractivity contribution in [3.8, 4) is 0 Å². The Labute approximate surface area is 106 Å². The van der Waals surface area contributed by atoms with Crippen LogP contribution in [-0.2, 0) is 6.54 Å². The highest BCUT2D eigenvalue weighted by Gasteiger charge is 2.18. The Bertz CT molecular complexity index is 459. The van der Waals surface area contributed by atoms with Crippen molar-refractivity contribution < 1.29 is 0 Å². The van der Waals surface area contributed by atoms with Gasteiger partial charge in [0.15, 0.2) is 0 Å². The predicted octanol–water partition coefficient (Wildman–Crippen LogP) is 2.97. The van der Waals surface area contributed by atoms with Gasteiger partial charge in [0.05, 0.1) is 17.4 Å². The normalized spacial score (nSPS) is 12.9. The van der Waals surface area contributed by atoms with E-state index in [1.165, 1.54) is 11.3 Å². The zero-order valence-corrected chi connectivity index (χ0v) is 11.4. The van der Waals surface area contributed by atoms with Gasteiger partial charge in [0, 0.05) is 6.54 Å². The lowest BCUT2D eigenvalue weighted by Crippen LogP contribution is -2.24. The van der Waals surface area contributed by atoms with Crippen LogP contribution in [0.1, 0.15) is 36.8 Å². The lowest BCUT2D eigenvalue weighted by atomic mass is 10.1. The number of aryl methyl sites for hydroxylation is 2. The first kappa shape index (κ1) is 12.3. The second kappa shape index (κ2) is 5.47. The summed E-state index contributed by atoms with van der Waals surface area (Å²) in [5, 5.41) is 12.4. The van der Waals surface area contributed by atoms with Crippen LogP contribution in [-0.4, -0.2) is 16.3 Å². The maximum Gasteiger partial charge on any atom is 0.0756 e. The van der Waals surface area contributed by atoms with Crippen molar-refractivity contribution in [2.75, 3.05) is 6.54 Å². The van der Waals surface area contributed by atoms with E-state index in [0.717, 1.165) is 18.8 Å². The highest BCUT2D eigenvalue weighted by Crippen LogP contribution is 2.24. The van der Waals surface area contributed by atoms with Crippen LogP contribution in [0.2, 0.25) is 0 Å². The van der Waals surface area contributed by atoms with Crippen molar-refractivity contribution >= 4 is 11.3 Å². The van der Waals surface area contributed by atoms with Gasteiger partial charge in [0.2, 0.25) is 0 Å². The topological polar surface area (TPSA) is 29.9 Å². The number of hydrogen-bond donors (Lipinski definition) is 1. The minimum Gasteiger partial charge on any atom is -0.305 e. The third-order valence-corrected chi connectivity index (χ3v) is 3.51. The number of thiophene rings is 1. The molecule has 0 aliphatic rings. The van der Waals surface area contributed by atoms with Crippen LogP contribution in [0.3, 0.4) is 0 Å². The van der Waals surface area contributed by atoms with Gasteiger partial charge in [0.1, 0.15) is 0 Å². The summed E-state index contributed by atoms with van der Waals surface area (Å²) in [6, 6.07) is 4.61. The molecule has 1 atom stereocenters. The molecule has 0 bridgehead atoms. The first-order valence-corrected chi connectivity index (χ1v) is 7.00. The molecule has 0 saturated carbocycles. The lowest BCUT2D eigenvalue weighted by molar-refractivity contribution is 0.542. The van der Waals surface area contributed by atoms with Crippen LogP contribution < -0.4 is 5.32 Å². The molecule has 0 aliphatic carbocycles. The number of nitrogens with zero attached hydrogens (tertiary/aromatic N) is 2. The number of aromatic nitrogens is 2. The van der Waals surface area contributed by atoms with Crippen LogP contribution >= 0.6 is 11.3 Å². The molecule has 0 aromatic carbocycles. The fourth-order valence-corrected chi connectivity index (χ4v) is 2.77. The summed E-state index contributed by atoms with van der Waals surface area (Å²) in [5.74, 6) is 0. The molecule has 92 valence electrons. The van der Waals surface area contributed by atoms with E-state index < -0.39 is 0 Å². The third-order valence-electron chi connectivity index (χ3n) is 2.81. The van der Waals surface area contributed by atoms with E-state index in [1.54, 1.807) is 11.3 Å². The molecule has 0 amide bonds. The average Bonchev–Trinajstić information content (AvgIpc) is 2.94. The Morgan fingerprint density at radius 1 is 1.47 bits per heavy atom. The summed E-state index contributed by atoms with van der Waals surface area (Å²) in [6.45, 7) is 8.18. The maximum atomic E-state index is 4.52. The van der Waals surface area contributed by atoms with E-state index in [9.17, 15) is 0 Å².